The average Bonchev–Trinajstić information content (AvgIpc) is 3.10. The SMILES string of the molecule is COc1ccccc1[C@H](Nc1nc(C)cc(C)n1)c1c(NC(=O)c2ccccc2)sc(C)c1C. The van der Waals surface area contributed by atoms with Gasteiger partial charge >= 0.3 is 0 Å². The van der Waals surface area contributed by atoms with Gasteiger partial charge in [0.1, 0.15) is 10.8 Å². The number of methoxy groups -OCH3 is 1. The van der Waals surface area contributed by atoms with Gasteiger partial charge in [0.15, 0.2) is 0 Å². The van der Waals surface area contributed by atoms with Crippen LogP contribution in [0, 0.1) is 27.7 Å². The van der Waals surface area contributed by atoms with E-state index in [1.54, 1.807) is 18.4 Å². The number of thiophene rings is 1. The second-order valence-corrected chi connectivity index (χ2v) is 9.36. The van der Waals surface area contributed by atoms with E-state index >= 15 is 0 Å². The molecule has 0 bridgehead atoms. The van der Waals surface area contributed by atoms with Crippen LogP contribution in [0.15, 0.2) is 60.7 Å². The van der Waals surface area contributed by atoms with E-state index in [1.807, 2.05) is 74.5 Å². The van der Waals surface area contributed by atoms with Gasteiger partial charge in [0.25, 0.3) is 5.91 Å². The number of carbonyl (C=O) groups excluding carboxylic acids is 1. The van der Waals surface area contributed by atoms with Crippen LogP contribution in [0.25, 0.3) is 0 Å². The van der Waals surface area contributed by atoms with Crippen LogP contribution in [-0.4, -0.2) is 23.0 Å². The van der Waals surface area contributed by atoms with Gasteiger partial charge in [0, 0.05) is 33.0 Å². The monoisotopic (exact) mass is 472 g/mol. The lowest BCUT2D eigenvalue weighted by atomic mass is 9.95. The van der Waals surface area contributed by atoms with E-state index in [0.29, 0.717) is 11.5 Å². The normalized spacial score (nSPS) is 11.7. The number of carbonyl (C=O) groups is 1. The summed E-state index contributed by atoms with van der Waals surface area (Å²) in [7, 11) is 1.66. The van der Waals surface area contributed by atoms with Crippen LogP contribution in [0.1, 0.15) is 49.4 Å². The summed E-state index contributed by atoms with van der Waals surface area (Å²) in [5.41, 5.74) is 5.37. The van der Waals surface area contributed by atoms with E-state index in [-0.39, 0.29) is 11.9 Å². The summed E-state index contributed by atoms with van der Waals surface area (Å²) in [6, 6.07) is 18.7. The highest BCUT2D eigenvalue weighted by Gasteiger charge is 2.27. The minimum atomic E-state index is -0.339. The van der Waals surface area contributed by atoms with Crippen molar-refractivity contribution in [1.82, 2.24) is 9.97 Å². The first-order chi connectivity index (χ1) is 16.4. The number of rotatable bonds is 7. The Morgan fingerprint density at radius 3 is 2.26 bits per heavy atom. The van der Waals surface area contributed by atoms with E-state index in [9.17, 15) is 4.79 Å². The zero-order valence-corrected chi connectivity index (χ0v) is 20.8. The highest BCUT2D eigenvalue weighted by molar-refractivity contribution is 7.16. The van der Waals surface area contributed by atoms with Gasteiger partial charge in [-0.2, -0.15) is 0 Å². The first kappa shape index (κ1) is 23.4. The van der Waals surface area contributed by atoms with Crippen molar-refractivity contribution in [1.29, 1.82) is 0 Å². The van der Waals surface area contributed by atoms with E-state index in [4.69, 9.17) is 4.74 Å². The molecule has 6 nitrogen and oxygen atoms in total. The Morgan fingerprint density at radius 1 is 0.941 bits per heavy atom. The molecule has 4 aromatic rings. The number of hydrogen-bond donors (Lipinski definition) is 2. The Kier molecular flexibility index (Phi) is 6.93. The summed E-state index contributed by atoms with van der Waals surface area (Å²) in [6.45, 7) is 8.03. The topological polar surface area (TPSA) is 76.1 Å². The summed E-state index contributed by atoms with van der Waals surface area (Å²) in [6.07, 6.45) is 0. The fourth-order valence-corrected chi connectivity index (χ4v) is 5.07. The summed E-state index contributed by atoms with van der Waals surface area (Å²) in [5, 5.41) is 7.46. The molecule has 0 unspecified atom stereocenters. The number of ether oxygens (including phenoxy) is 1. The molecule has 2 aromatic heterocycles. The van der Waals surface area contributed by atoms with Gasteiger partial charge in [-0.25, -0.2) is 9.97 Å². The second kappa shape index (κ2) is 10.1. The lowest BCUT2D eigenvalue weighted by Crippen LogP contribution is -2.19. The van der Waals surface area contributed by atoms with E-state index in [0.717, 1.165) is 43.7 Å². The summed E-state index contributed by atoms with van der Waals surface area (Å²) in [4.78, 5) is 23.4. The van der Waals surface area contributed by atoms with Crippen LogP contribution in [0.4, 0.5) is 10.9 Å². The third-order valence-corrected chi connectivity index (χ3v) is 6.83. The maximum absolute atomic E-state index is 13.0. The minimum Gasteiger partial charge on any atom is -0.496 e. The van der Waals surface area contributed by atoms with Crippen molar-refractivity contribution < 1.29 is 9.53 Å². The van der Waals surface area contributed by atoms with Crippen LogP contribution in [0.2, 0.25) is 0 Å². The minimum absolute atomic E-state index is 0.149. The van der Waals surface area contributed by atoms with Crippen LogP contribution in [0.3, 0.4) is 0 Å². The van der Waals surface area contributed by atoms with Crippen molar-refractivity contribution in [2.75, 3.05) is 17.7 Å². The molecule has 174 valence electrons. The van der Waals surface area contributed by atoms with Crippen molar-refractivity contribution in [2.45, 2.75) is 33.7 Å². The van der Waals surface area contributed by atoms with Gasteiger partial charge in [-0.15, -0.1) is 11.3 Å². The number of amides is 1. The molecular weight excluding hydrogens is 444 g/mol. The van der Waals surface area contributed by atoms with Gasteiger partial charge in [-0.3, -0.25) is 4.79 Å². The number of nitrogens with zero attached hydrogens (tertiary/aromatic N) is 2. The Morgan fingerprint density at radius 2 is 1.59 bits per heavy atom. The molecule has 2 aromatic carbocycles. The number of anilines is 2. The molecule has 34 heavy (non-hydrogen) atoms. The smallest absolute Gasteiger partial charge is 0.256 e. The Balaban J connectivity index is 1.83. The number of aryl methyl sites for hydroxylation is 3. The fourth-order valence-electron chi connectivity index (χ4n) is 3.98. The number of nitrogens with one attached hydrogen (secondary N) is 2. The van der Waals surface area contributed by atoms with Crippen molar-refractivity contribution in [3.63, 3.8) is 0 Å². The molecule has 0 aliphatic rings. The van der Waals surface area contributed by atoms with Crippen molar-refractivity contribution in [3.8, 4) is 5.75 Å². The molecule has 0 aliphatic carbocycles. The largest absolute Gasteiger partial charge is 0.496 e. The van der Waals surface area contributed by atoms with Crippen LogP contribution < -0.4 is 15.4 Å². The molecule has 2 heterocycles. The molecule has 0 saturated heterocycles. The molecule has 0 aliphatic heterocycles. The molecule has 1 atom stereocenters. The maximum Gasteiger partial charge on any atom is 0.256 e. The molecular formula is C27H28N4O2S. The highest BCUT2D eigenvalue weighted by Crippen LogP contribution is 2.43. The van der Waals surface area contributed by atoms with Crippen LogP contribution in [0.5, 0.6) is 5.75 Å². The second-order valence-electron chi connectivity index (χ2n) is 8.14. The van der Waals surface area contributed by atoms with E-state index in [2.05, 4.69) is 34.4 Å². The zero-order valence-electron chi connectivity index (χ0n) is 20.0. The maximum atomic E-state index is 13.0. The van der Waals surface area contributed by atoms with Gasteiger partial charge in [-0.1, -0.05) is 36.4 Å². The van der Waals surface area contributed by atoms with E-state index in [1.165, 1.54) is 0 Å². The molecule has 0 fully saturated rings. The molecule has 0 spiro atoms. The molecule has 0 radical (unpaired) electrons. The Labute approximate surface area is 204 Å². The Hall–Kier alpha value is -3.71. The third-order valence-electron chi connectivity index (χ3n) is 5.69. The lowest BCUT2D eigenvalue weighted by molar-refractivity contribution is 0.102. The third kappa shape index (κ3) is 4.94. The van der Waals surface area contributed by atoms with Crippen molar-refractivity contribution in [3.05, 3.63) is 99.2 Å². The standard InChI is InChI=1S/C27H28N4O2S/c1-16-15-17(2)29-27(28-16)30-24(21-13-9-10-14-22(21)33-5)23-18(3)19(4)34-26(23)31-25(32)20-11-7-6-8-12-20/h6-15,24H,1-5H3,(H,31,32)(H,28,29,30)/t24-/m0/s1. The Bertz CT molecular complexity index is 1300. The van der Waals surface area contributed by atoms with Gasteiger partial charge in [0.05, 0.1) is 13.2 Å². The number of benzene rings is 2. The molecule has 0 saturated carbocycles. The fraction of sp³-hybridized carbons (Fsp3) is 0.222. The van der Waals surface area contributed by atoms with Crippen LogP contribution in [-0.2, 0) is 0 Å². The van der Waals surface area contributed by atoms with E-state index < -0.39 is 0 Å². The first-order valence-electron chi connectivity index (χ1n) is 11.1. The molecule has 4 rings (SSSR count). The average molecular weight is 473 g/mol. The first-order valence-corrected chi connectivity index (χ1v) is 11.9. The molecule has 2 N–H and O–H groups in total. The molecule has 7 heteroatoms. The lowest BCUT2D eigenvalue weighted by Gasteiger charge is -2.24. The summed E-state index contributed by atoms with van der Waals surface area (Å²) < 4.78 is 5.71. The quantitative estimate of drug-likeness (QED) is 0.333. The summed E-state index contributed by atoms with van der Waals surface area (Å²) in [5.74, 6) is 1.12. The van der Waals surface area contributed by atoms with Gasteiger partial charge in [0.2, 0.25) is 5.95 Å². The number of hydrogen-bond acceptors (Lipinski definition) is 6. The van der Waals surface area contributed by atoms with Crippen LogP contribution >= 0.6 is 11.3 Å². The van der Waals surface area contributed by atoms with Crippen molar-refractivity contribution in [2.24, 2.45) is 0 Å². The predicted molar refractivity (Wildman–Crippen MR) is 138 cm³/mol. The summed E-state index contributed by atoms with van der Waals surface area (Å²) >= 11 is 1.56. The predicted octanol–water partition coefficient (Wildman–Crippen LogP) is 6.23. The number of para-hydroxylation sites is 1. The van der Waals surface area contributed by atoms with Gasteiger partial charge < -0.3 is 15.4 Å². The van der Waals surface area contributed by atoms with Gasteiger partial charge in [-0.05, 0) is 57.5 Å². The number of aromatic nitrogens is 2. The zero-order chi connectivity index (χ0) is 24.2. The highest BCUT2D eigenvalue weighted by atomic mass is 32.1. The molecule has 1 amide bonds. The van der Waals surface area contributed by atoms with Crippen molar-refractivity contribution >= 4 is 28.2 Å².